The van der Waals surface area contributed by atoms with Gasteiger partial charge in [-0.25, -0.2) is 13.6 Å². The Kier molecular flexibility index (Phi) is 4.65. The summed E-state index contributed by atoms with van der Waals surface area (Å²) in [5.41, 5.74) is -0.173. The number of carbonyl (C=O) groups is 2. The van der Waals surface area contributed by atoms with Gasteiger partial charge in [-0.1, -0.05) is 0 Å². The normalized spacial score (nSPS) is 10.2. The van der Waals surface area contributed by atoms with Gasteiger partial charge in [-0.15, -0.1) is 0 Å². The van der Waals surface area contributed by atoms with Crippen LogP contribution in [0.3, 0.4) is 0 Å². The number of carbonyl (C=O) groups excluding carboxylic acids is 2. The zero-order valence-electron chi connectivity index (χ0n) is 10.8. The first-order chi connectivity index (χ1) is 10.1. The number of hydrogen-bond acceptors (Lipinski definition) is 4. The molecule has 1 N–H and O–H groups in total. The van der Waals surface area contributed by atoms with Crippen LogP contribution in [-0.4, -0.2) is 18.5 Å². The van der Waals surface area contributed by atoms with E-state index in [2.05, 4.69) is 10.1 Å². The number of furan rings is 1. The van der Waals surface area contributed by atoms with Crippen LogP contribution in [0.5, 0.6) is 0 Å². The van der Waals surface area contributed by atoms with Crippen LogP contribution < -0.4 is 5.32 Å². The SMILES string of the molecule is O=C(COC(=O)c1ccc(F)c(F)c1)NCc1ccco1. The van der Waals surface area contributed by atoms with Crippen molar-refractivity contribution < 1.29 is 27.5 Å². The molecular formula is C14H11F2NO4. The summed E-state index contributed by atoms with van der Waals surface area (Å²) in [6.45, 7) is -0.368. The van der Waals surface area contributed by atoms with Gasteiger partial charge in [0.15, 0.2) is 18.2 Å². The van der Waals surface area contributed by atoms with Gasteiger partial charge in [0, 0.05) is 0 Å². The van der Waals surface area contributed by atoms with Crippen LogP contribution in [0.1, 0.15) is 16.1 Å². The van der Waals surface area contributed by atoms with Gasteiger partial charge in [0.25, 0.3) is 5.91 Å². The predicted molar refractivity (Wildman–Crippen MR) is 67.2 cm³/mol. The third kappa shape index (κ3) is 4.13. The van der Waals surface area contributed by atoms with E-state index < -0.39 is 30.1 Å². The van der Waals surface area contributed by atoms with Gasteiger partial charge in [0.2, 0.25) is 0 Å². The molecule has 21 heavy (non-hydrogen) atoms. The van der Waals surface area contributed by atoms with Crippen molar-refractivity contribution in [3.63, 3.8) is 0 Å². The summed E-state index contributed by atoms with van der Waals surface area (Å²) in [5, 5.41) is 2.47. The lowest BCUT2D eigenvalue weighted by atomic mass is 10.2. The summed E-state index contributed by atoms with van der Waals surface area (Å²) < 4.78 is 35.3. The monoisotopic (exact) mass is 295 g/mol. The predicted octanol–water partition coefficient (Wildman–Crippen LogP) is 2.03. The third-order valence-corrected chi connectivity index (χ3v) is 2.53. The lowest BCUT2D eigenvalue weighted by Crippen LogP contribution is -2.28. The van der Waals surface area contributed by atoms with E-state index in [0.717, 1.165) is 12.1 Å². The van der Waals surface area contributed by atoms with E-state index in [4.69, 9.17) is 4.42 Å². The van der Waals surface area contributed by atoms with Crippen LogP contribution in [-0.2, 0) is 16.1 Å². The molecule has 0 unspecified atom stereocenters. The highest BCUT2D eigenvalue weighted by atomic mass is 19.2. The molecule has 5 nitrogen and oxygen atoms in total. The minimum atomic E-state index is -1.16. The number of halogens is 2. The Bertz CT molecular complexity index is 640. The largest absolute Gasteiger partial charge is 0.467 e. The van der Waals surface area contributed by atoms with Crippen LogP contribution in [0.2, 0.25) is 0 Å². The summed E-state index contributed by atoms with van der Waals surface area (Å²) in [5.74, 6) is -3.13. The van der Waals surface area contributed by atoms with Crippen LogP contribution in [0.15, 0.2) is 41.0 Å². The highest BCUT2D eigenvalue weighted by Crippen LogP contribution is 2.09. The van der Waals surface area contributed by atoms with E-state index in [9.17, 15) is 18.4 Å². The maximum absolute atomic E-state index is 12.9. The molecule has 0 atom stereocenters. The molecule has 7 heteroatoms. The highest BCUT2D eigenvalue weighted by molar-refractivity contribution is 5.91. The summed E-state index contributed by atoms with van der Waals surface area (Å²) in [6, 6.07) is 5.93. The van der Waals surface area contributed by atoms with Gasteiger partial charge in [-0.3, -0.25) is 4.79 Å². The standard InChI is InChI=1S/C14H11F2NO4/c15-11-4-3-9(6-12(11)16)14(19)21-8-13(18)17-7-10-2-1-5-20-10/h1-6H,7-8H2,(H,17,18). The topological polar surface area (TPSA) is 68.5 Å². The van der Waals surface area contributed by atoms with Crippen molar-refractivity contribution in [3.05, 3.63) is 59.6 Å². The molecule has 1 aromatic carbocycles. The van der Waals surface area contributed by atoms with E-state index >= 15 is 0 Å². The van der Waals surface area contributed by atoms with E-state index in [1.165, 1.54) is 6.26 Å². The van der Waals surface area contributed by atoms with Crippen molar-refractivity contribution in [2.75, 3.05) is 6.61 Å². The molecule has 0 aliphatic carbocycles. The molecule has 0 saturated carbocycles. The number of rotatable bonds is 5. The molecule has 0 radical (unpaired) electrons. The molecule has 0 saturated heterocycles. The van der Waals surface area contributed by atoms with Gasteiger partial charge in [-0.2, -0.15) is 0 Å². The smallest absolute Gasteiger partial charge is 0.338 e. The van der Waals surface area contributed by atoms with Gasteiger partial charge in [0.05, 0.1) is 18.4 Å². The van der Waals surface area contributed by atoms with E-state index in [1.54, 1.807) is 12.1 Å². The molecule has 0 bridgehead atoms. The summed E-state index contributed by atoms with van der Waals surface area (Å²) in [6.07, 6.45) is 1.46. The van der Waals surface area contributed by atoms with Gasteiger partial charge in [0.1, 0.15) is 5.76 Å². The fraction of sp³-hybridized carbons (Fsp3) is 0.143. The molecule has 110 valence electrons. The van der Waals surface area contributed by atoms with Crippen molar-refractivity contribution in [1.29, 1.82) is 0 Å². The molecule has 0 fully saturated rings. The average Bonchev–Trinajstić information content (AvgIpc) is 2.98. The van der Waals surface area contributed by atoms with Crippen LogP contribution in [0.25, 0.3) is 0 Å². The Labute approximate surface area is 118 Å². The number of esters is 1. The molecule has 1 aromatic heterocycles. The first-order valence-electron chi connectivity index (χ1n) is 5.97. The molecular weight excluding hydrogens is 284 g/mol. The average molecular weight is 295 g/mol. The van der Waals surface area contributed by atoms with Crippen LogP contribution >= 0.6 is 0 Å². The number of nitrogens with one attached hydrogen (secondary N) is 1. The Hall–Kier alpha value is -2.70. The fourth-order valence-corrected chi connectivity index (χ4v) is 1.49. The Morgan fingerprint density at radius 1 is 1.19 bits per heavy atom. The minimum absolute atomic E-state index is 0.161. The molecule has 0 aliphatic rings. The molecule has 1 heterocycles. The molecule has 2 rings (SSSR count). The molecule has 1 amide bonds. The van der Waals surface area contributed by atoms with Crippen molar-refractivity contribution in [1.82, 2.24) is 5.32 Å². The molecule has 0 spiro atoms. The van der Waals surface area contributed by atoms with Gasteiger partial charge >= 0.3 is 5.97 Å². The number of ether oxygens (including phenoxy) is 1. The summed E-state index contributed by atoms with van der Waals surface area (Å²) in [4.78, 5) is 23.0. The van der Waals surface area contributed by atoms with Gasteiger partial charge in [-0.05, 0) is 30.3 Å². The van der Waals surface area contributed by atoms with Crippen molar-refractivity contribution in [2.24, 2.45) is 0 Å². The van der Waals surface area contributed by atoms with Crippen LogP contribution in [0, 0.1) is 11.6 Å². The lowest BCUT2D eigenvalue weighted by molar-refractivity contribution is -0.124. The zero-order valence-corrected chi connectivity index (χ0v) is 10.8. The van der Waals surface area contributed by atoms with Gasteiger partial charge < -0.3 is 14.5 Å². The third-order valence-electron chi connectivity index (χ3n) is 2.53. The quantitative estimate of drug-likeness (QED) is 0.857. The number of benzene rings is 1. The first kappa shape index (κ1) is 14.7. The Morgan fingerprint density at radius 2 is 2.00 bits per heavy atom. The Morgan fingerprint density at radius 3 is 2.67 bits per heavy atom. The van der Waals surface area contributed by atoms with E-state index in [-0.39, 0.29) is 12.1 Å². The van der Waals surface area contributed by atoms with E-state index in [0.29, 0.717) is 11.8 Å². The maximum Gasteiger partial charge on any atom is 0.338 e. The van der Waals surface area contributed by atoms with E-state index in [1.807, 2.05) is 0 Å². The second-order valence-corrected chi connectivity index (χ2v) is 4.06. The highest BCUT2D eigenvalue weighted by Gasteiger charge is 2.13. The fourth-order valence-electron chi connectivity index (χ4n) is 1.49. The number of amides is 1. The summed E-state index contributed by atoms with van der Waals surface area (Å²) >= 11 is 0. The number of hydrogen-bond donors (Lipinski definition) is 1. The molecule has 0 aliphatic heterocycles. The Balaban J connectivity index is 1.80. The zero-order chi connectivity index (χ0) is 15.2. The van der Waals surface area contributed by atoms with Crippen molar-refractivity contribution >= 4 is 11.9 Å². The van der Waals surface area contributed by atoms with Crippen molar-refractivity contribution in [3.8, 4) is 0 Å². The first-order valence-corrected chi connectivity index (χ1v) is 5.97. The second-order valence-electron chi connectivity index (χ2n) is 4.06. The second kappa shape index (κ2) is 6.65. The lowest BCUT2D eigenvalue weighted by Gasteiger charge is -2.05. The maximum atomic E-state index is 12.9. The molecule has 2 aromatic rings. The van der Waals surface area contributed by atoms with Crippen LogP contribution in [0.4, 0.5) is 8.78 Å². The van der Waals surface area contributed by atoms with Crippen molar-refractivity contribution in [2.45, 2.75) is 6.54 Å². The minimum Gasteiger partial charge on any atom is -0.467 e. The summed E-state index contributed by atoms with van der Waals surface area (Å²) in [7, 11) is 0.